The van der Waals surface area contributed by atoms with Gasteiger partial charge in [-0.15, -0.1) is 0 Å². The van der Waals surface area contributed by atoms with Crippen molar-refractivity contribution < 1.29 is 66.3 Å². The number of ether oxygens (including phenoxy) is 14. The van der Waals surface area contributed by atoms with E-state index in [2.05, 4.69) is 0 Å². The van der Waals surface area contributed by atoms with Crippen molar-refractivity contribution in [1.29, 1.82) is 0 Å². The second kappa shape index (κ2) is 12.8. The van der Waals surface area contributed by atoms with Crippen molar-refractivity contribution >= 4 is 0 Å². The molecular weight excluding hydrogens is 584 g/mol. The molecule has 0 radical (unpaired) electrons. The lowest BCUT2D eigenvalue weighted by Gasteiger charge is -2.27. The first-order chi connectivity index (χ1) is 20.7. The average Bonchev–Trinajstić information content (AvgIpc) is 3.74. The van der Waals surface area contributed by atoms with Crippen LogP contribution >= 0.6 is 0 Å². The third kappa shape index (κ3) is 7.60. The third-order valence-electron chi connectivity index (χ3n) is 8.28. The van der Waals surface area contributed by atoms with Gasteiger partial charge in [-0.05, 0) is 55.4 Å². The summed E-state index contributed by atoms with van der Waals surface area (Å²) in [5.41, 5.74) is 0. The molecule has 0 aromatic rings. The molecular formula is C30H50O14. The molecule has 0 aromatic carbocycles. The van der Waals surface area contributed by atoms with Crippen molar-refractivity contribution in [3.05, 3.63) is 0 Å². The molecule has 6 fully saturated rings. The van der Waals surface area contributed by atoms with E-state index >= 15 is 0 Å². The summed E-state index contributed by atoms with van der Waals surface area (Å²) < 4.78 is 83.7. The van der Waals surface area contributed by atoms with Crippen LogP contribution in [0.25, 0.3) is 0 Å². The second-order valence-corrected chi connectivity index (χ2v) is 13.8. The summed E-state index contributed by atoms with van der Waals surface area (Å²) in [5.74, 6) is -2.79. The molecule has 254 valence electrons. The Labute approximate surface area is 259 Å². The molecule has 0 spiro atoms. The van der Waals surface area contributed by atoms with Crippen LogP contribution in [0.3, 0.4) is 0 Å². The molecule has 0 aromatic heterocycles. The van der Waals surface area contributed by atoms with E-state index in [1.54, 1.807) is 0 Å². The lowest BCUT2D eigenvalue weighted by molar-refractivity contribution is -0.250. The molecule has 14 nitrogen and oxygen atoms in total. The Hall–Kier alpha value is -0.560. The number of hydrogen-bond acceptors (Lipinski definition) is 14. The van der Waals surface area contributed by atoms with Crippen molar-refractivity contribution in [2.75, 3.05) is 52.9 Å². The summed E-state index contributed by atoms with van der Waals surface area (Å²) >= 11 is 0. The van der Waals surface area contributed by atoms with Gasteiger partial charge >= 0.3 is 0 Å². The van der Waals surface area contributed by atoms with Gasteiger partial charge in [-0.3, -0.25) is 0 Å². The van der Waals surface area contributed by atoms with Gasteiger partial charge in [0.25, 0.3) is 0 Å². The zero-order chi connectivity index (χ0) is 31.3. The van der Waals surface area contributed by atoms with Crippen LogP contribution in [-0.4, -0.2) is 137 Å². The van der Waals surface area contributed by atoms with Gasteiger partial charge in [0.2, 0.25) is 0 Å². The highest BCUT2D eigenvalue weighted by Crippen LogP contribution is 2.44. The van der Waals surface area contributed by atoms with E-state index in [-0.39, 0.29) is 48.8 Å². The predicted octanol–water partition coefficient (Wildman–Crippen LogP) is 1.85. The normalized spacial score (nSPS) is 43.1. The molecule has 0 N–H and O–H groups in total. The highest BCUT2D eigenvalue weighted by Gasteiger charge is 2.61. The van der Waals surface area contributed by atoms with E-state index in [0.29, 0.717) is 52.9 Å². The Morgan fingerprint density at radius 3 is 1.16 bits per heavy atom. The van der Waals surface area contributed by atoms with Crippen LogP contribution in [0.2, 0.25) is 0 Å². The Morgan fingerprint density at radius 2 is 0.795 bits per heavy atom. The highest BCUT2D eigenvalue weighted by molar-refractivity contribution is 5.01. The summed E-state index contributed by atoms with van der Waals surface area (Å²) in [6.45, 7) is 18.1. The lowest BCUT2D eigenvalue weighted by Crippen LogP contribution is -2.40. The van der Waals surface area contributed by atoms with Crippen LogP contribution in [0.1, 0.15) is 55.4 Å². The highest BCUT2D eigenvalue weighted by atomic mass is 16.8. The molecule has 44 heavy (non-hydrogen) atoms. The van der Waals surface area contributed by atoms with Crippen molar-refractivity contribution in [1.82, 2.24) is 0 Å². The molecule has 0 saturated carbocycles. The van der Waals surface area contributed by atoms with Gasteiger partial charge in [-0.25, -0.2) is 0 Å². The molecule has 14 heteroatoms. The summed E-state index contributed by atoms with van der Waals surface area (Å²) in [6, 6.07) is 0. The van der Waals surface area contributed by atoms with Gasteiger partial charge in [0.15, 0.2) is 35.7 Å². The topological polar surface area (TPSA) is 129 Å². The fourth-order valence-corrected chi connectivity index (χ4v) is 6.57. The largest absolute Gasteiger partial charge is 0.377 e. The van der Waals surface area contributed by atoms with E-state index in [4.69, 9.17) is 66.3 Å². The Morgan fingerprint density at radius 1 is 0.432 bits per heavy atom. The van der Waals surface area contributed by atoms with Crippen LogP contribution in [0.4, 0.5) is 0 Å². The molecule has 6 heterocycles. The molecule has 10 atom stereocenters. The van der Waals surface area contributed by atoms with Gasteiger partial charge < -0.3 is 66.3 Å². The van der Waals surface area contributed by atoms with Crippen LogP contribution in [-0.2, 0) is 66.3 Å². The summed E-state index contributed by atoms with van der Waals surface area (Å²) in [6.07, 6.45) is -3.76. The first kappa shape index (κ1) is 33.3. The summed E-state index contributed by atoms with van der Waals surface area (Å²) in [7, 11) is 0. The number of hydrogen-bond donors (Lipinski definition) is 0. The molecule has 0 bridgehead atoms. The summed E-state index contributed by atoms with van der Waals surface area (Å²) in [5, 5.41) is 0. The maximum Gasteiger partial charge on any atom is 0.187 e. The maximum absolute atomic E-state index is 6.18. The average molecular weight is 635 g/mol. The molecule has 0 unspecified atom stereocenters. The van der Waals surface area contributed by atoms with Gasteiger partial charge in [-0.1, -0.05) is 0 Å². The van der Waals surface area contributed by atoms with Crippen molar-refractivity contribution in [3.63, 3.8) is 0 Å². The minimum absolute atomic E-state index is 0.266. The predicted molar refractivity (Wildman–Crippen MR) is 148 cm³/mol. The van der Waals surface area contributed by atoms with E-state index < -0.39 is 35.7 Å². The Kier molecular flexibility index (Phi) is 9.70. The van der Waals surface area contributed by atoms with Crippen LogP contribution in [0.5, 0.6) is 0 Å². The first-order valence-corrected chi connectivity index (χ1v) is 15.8. The molecule has 0 aliphatic carbocycles. The zero-order valence-electron chi connectivity index (χ0n) is 27.1. The maximum atomic E-state index is 6.18. The SMILES string of the molecule is CC1(C)O[C@@H]2[C@H](O1)[C@H](OCCOCCOCCO[C@@H]1O[C@H]([C@H]3COC(C)(C)O3)[C@@H]3OC(C)(C)O[C@H]13)O[C@@H]2[C@H]1COC(C)(C)O1. The Bertz CT molecular complexity index is 897. The smallest absolute Gasteiger partial charge is 0.187 e. The number of rotatable bonds is 13. The van der Waals surface area contributed by atoms with E-state index in [1.807, 2.05) is 55.4 Å². The lowest BCUT2D eigenvalue weighted by atomic mass is 10.1. The minimum Gasteiger partial charge on any atom is -0.377 e. The van der Waals surface area contributed by atoms with Crippen LogP contribution in [0.15, 0.2) is 0 Å². The Balaban J connectivity index is 0.854. The van der Waals surface area contributed by atoms with E-state index in [0.717, 1.165) is 0 Å². The minimum atomic E-state index is -0.732. The summed E-state index contributed by atoms with van der Waals surface area (Å²) in [4.78, 5) is 0. The zero-order valence-corrected chi connectivity index (χ0v) is 27.1. The molecule has 6 aliphatic rings. The molecule has 6 aliphatic heterocycles. The van der Waals surface area contributed by atoms with Crippen LogP contribution < -0.4 is 0 Å². The monoisotopic (exact) mass is 634 g/mol. The van der Waals surface area contributed by atoms with Crippen molar-refractivity contribution in [2.24, 2.45) is 0 Å². The standard InChI is InChI=1S/C30H50O14/c1-27(2)35-15-17(39-27)19-21-23(43-29(5,6)41-21)25(37-19)33-13-11-31-9-10-32-12-14-34-26-24-22(42-30(7,8)44-24)20(38-26)18-16-36-28(3,4)40-18/h17-26H,9-16H2,1-8H3/t17-,18-,19-,20-,21+,22+,23+,24+,25-,26-/m1/s1. The van der Waals surface area contributed by atoms with Crippen molar-refractivity contribution in [2.45, 2.75) is 140 Å². The fourth-order valence-electron chi connectivity index (χ4n) is 6.57. The van der Waals surface area contributed by atoms with Gasteiger partial charge in [0, 0.05) is 0 Å². The third-order valence-corrected chi connectivity index (χ3v) is 8.28. The second-order valence-electron chi connectivity index (χ2n) is 13.8. The molecule has 0 amide bonds. The molecule has 6 rings (SSSR count). The quantitative estimate of drug-likeness (QED) is 0.273. The van der Waals surface area contributed by atoms with Gasteiger partial charge in [0.05, 0.1) is 52.9 Å². The van der Waals surface area contributed by atoms with Crippen molar-refractivity contribution in [3.8, 4) is 0 Å². The van der Waals surface area contributed by atoms with E-state index in [9.17, 15) is 0 Å². The van der Waals surface area contributed by atoms with E-state index in [1.165, 1.54) is 0 Å². The fraction of sp³-hybridized carbons (Fsp3) is 1.00. The molecule has 6 saturated heterocycles. The van der Waals surface area contributed by atoms with Gasteiger partial charge in [-0.2, -0.15) is 0 Å². The van der Waals surface area contributed by atoms with Gasteiger partial charge in [0.1, 0.15) is 48.8 Å². The van der Waals surface area contributed by atoms with Crippen LogP contribution in [0, 0.1) is 0 Å². The first-order valence-electron chi connectivity index (χ1n) is 15.8. The number of fused-ring (bicyclic) bond motifs is 2.